The lowest BCUT2D eigenvalue weighted by Gasteiger charge is -1.99. The van der Waals surface area contributed by atoms with Gasteiger partial charge in [0.2, 0.25) is 0 Å². The third-order valence-corrected chi connectivity index (χ3v) is 2.18. The van der Waals surface area contributed by atoms with Crippen LogP contribution in [0.4, 0.5) is 0 Å². The van der Waals surface area contributed by atoms with Crippen molar-refractivity contribution in [1.29, 1.82) is 0 Å². The molecule has 0 radical (unpaired) electrons. The van der Waals surface area contributed by atoms with Crippen LogP contribution in [0.3, 0.4) is 0 Å². The van der Waals surface area contributed by atoms with Crippen LogP contribution in [0.5, 0.6) is 0 Å². The van der Waals surface area contributed by atoms with Gasteiger partial charge in [0.1, 0.15) is 0 Å². The Hall–Kier alpha value is -0.460. The van der Waals surface area contributed by atoms with E-state index in [9.17, 15) is 0 Å². The van der Waals surface area contributed by atoms with Crippen LogP contribution in [0.15, 0.2) is 24.3 Å². The van der Waals surface area contributed by atoms with Gasteiger partial charge in [-0.25, -0.2) is 0 Å². The van der Waals surface area contributed by atoms with E-state index in [1.807, 2.05) is 30.4 Å². The maximum atomic E-state index is 5.93. The lowest BCUT2D eigenvalue weighted by Crippen LogP contribution is -1.76. The van der Waals surface area contributed by atoms with Crippen LogP contribution in [-0.4, -0.2) is 0 Å². The molecule has 0 spiro atoms. The first-order valence-corrected chi connectivity index (χ1v) is 4.62. The van der Waals surface area contributed by atoms with Crippen LogP contribution < -0.4 is 0 Å². The van der Waals surface area contributed by atoms with Crippen LogP contribution in [-0.2, 0) is 0 Å². The second-order valence-corrected chi connectivity index (χ2v) is 3.26. The minimum absolute atomic E-state index is 0.701. The summed E-state index contributed by atoms with van der Waals surface area (Å²) < 4.78 is 0. The number of hydrogen-bond donors (Lipinski definition) is 0. The van der Waals surface area contributed by atoms with Gasteiger partial charge in [0, 0.05) is 15.6 Å². The molecule has 0 nitrogen and oxygen atoms in total. The molecule has 0 N–H and O–H groups in total. The van der Waals surface area contributed by atoms with Crippen molar-refractivity contribution in [1.82, 2.24) is 0 Å². The Labute approximate surface area is 82.8 Å². The van der Waals surface area contributed by atoms with Gasteiger partial charge in [-0.2, -0.15) is 0 Å². The molecule has 0 fully saturated rings. The van der Waals surface area contributed by atoms with Gasteiger partial charge in [0.25, 0.3) is 0 Å². The van der Waals surface area contributed by atoms with Crippen LogP contribution in [0.2, 0.25) is 10.0 Å². The molecule has 64 valence electrons. The van der Waals surface area contributed by atoms with E-state index in [0.717, 1.165) is 12.0 Å². The monoisotopic (exact) mass is 200 g/mol. The van der Waals surface area contributed by atoms with Crippen molar-refractivity contribution in [2.75, 3.05) is 0 Å². The number of benzene rings is 1. The summed E-state index contributed by atoms with van der Waals surface area (Å²) in [7, 11) is 0. The summed E-state index contributed by atoms with van der Waals surface area (Å²) in [5.41, 5.74) is 0.905. The van der Waals surface area contributed by atoms with Gasteiger partial charge in [-0.3, -0.25) is 0 Å². The minimum atomic E-state index is 0.701. The van der Waals surface area contributed by atoms with Gasteiger partial charge < -0.3 is 0 Å². The molecular formula is C10H10Cl2. The van der Waals surface area contributed by atoms with E-state index in [1.165, 1.54) is 0 Å². The highest BCUT2D eigenvalue weighted by atomic mass is 35.5. The fourth-order valence-electron chi connectivity index (χ4n) is 0.906. The average Bonchev–Trinajstić information content (AvgIpc) is 2.04. The minimum Gasteiger partial charge on any atom is -0.0841 e. The average molecular weight is 201 g/mol. The smallest absolute Gasteiger partial charge is 0.0493 e. The van der Waals surface area contributed by atoms with Crippen LogP contribution in [0.25, 0.3) is 6.08 Å². The first-order chi connectivity index (χ1) is 5.75. The zero-order valence-corrected chi connectivity index (χ0v) is 8.36. The Morgan fingerprint density at radius 3 is 2.33 bits per heavy atom. The Kier molecular flexibility index (Phi) is 3.64. The zero-order chi connectivity index (χ0) is 8.97. The normalized spacial score (nSPS) is 10.9. The van der Waals surface area contributed by atoms with Gasteiger partial charge >= 0.3 is 0 Å². The molecule has 2 heteroatoms. The van der Waals surface area contributed by atoms with E-state index >= 15 is 0 Å². The van der Waals surface area contributed by atoms with Gasteiger partial charge in [-0.05, 0) is 18.6 Å². The quantitative estimate of drug-likeness (QED) is 0.664. The molecule has 0 aliphatic heterocycles. The molecule has 0 saturated carbocycles. The highest BCUT2D eigenvalue weighted by Gasteiger charge is 1.99. The molecule has 0 atom stereocenters. The molecule has 1 aromatic rings. The molecule has 0 saturated heterocycles. The fraction of sp³-hybridized carbons (Fsp3) is 0.200. The van der Waals surface area contributed by atoms with E-state index in [4.69, 9.17) is 23.2 Å². The van der Waals surface area contributed by atoms with Crippen LogP contribution in [0, 0.1) is 0 Å². The number of hydrogen-bond acceptors (Lipinski definition) is 0. The van der Waals surface area contributed by atoms with E-state index in [1.54, 1.807) is 0 Å². The molecule has 12 heavy (non-hydrogen) atoms. The predicted molar refractivity (Wildman–Crippen MR) is 55.8 cm³/mol. The van der Waals surface area contributed by atoms with Gasteiger partial charge in [-0.15, -0.1) is 0 Å². The summed E-state index contributed by atoms with van der Waals surface area (Å²) in [6.07, 6.45) is 4.97. The molecule has 1 aromatic carbocycles. The Balaban J connectivity index is 3.04. The van der Waals surface area contributed by atoms with Crippen molar-refractivity contribution in [3.63, 3.8) is 0 Å². The molecule has 0 aliphatic rings. The molecule has 0 aromatic heterocycles. The standard InChI is InChI=1S/C10H10Cl2/c1-2-3-5-8-9(11)6-4-7-10(8)12/h3-7H,2H2,1H3/b5-3+. The number of halogens is 2. The van der Waals surface area contributed by atoms with E-state index in [2.05, 4.69) is 6.92 Å². The fourth-order valence-corrected chi connectivity index (χ4v) is 1.43. The van der Waals surface area contributed by atoms with Crippen molar-refractivity contribution >= 4 is 29.3 Å². The van der Waals surface area contributed by atoms with Crippen molar-refractivity contribution in [3.05, 3.63) is 39.9 Å². The summed E-state index contributed by atoms with van der Waals surface area (Å²) in [6.45, 7) is 2.07. The maximum absolute atomic E-state index is 5.93. The Bertz CT molecular complexity index is 270. The lowest BCUT2D eigenvalue weighted by molar-refractivity contribution is 1.23. The Morgan fingerprint density at radius 2 is 1.83 bits per heavy atom. The molecule has 0 heterocycles. The second-order valence-electron chi connectivity index (χ2n) is 2.45. The highest BCUT2D eigenvalue weighted by Crippen LogP contribution is 2.25. The van der Waals surface area contributed by atoms with Gasteiger partial charge in [-0.1, -0.05) is 48.3 Å². The number of rotatable bonds is 2. The predicted octanol–water partition coefficient (Wildman–Crippen LogP) is 4.42. The summed E-state index contributed by atoms with van der Waals surface area (Å²) in [5.74, 6) is 0. The van der Waals surface area contributed by atoms with E-state index in [0.29, 0.717) is 10.0 Å². The van der Waals surface area contributed by atoms with Crippen molar-refractivity contribution in [3.8, 4) is 0 Å². The van der Waals surface area contributed by atoms with Crippen LogP contribution in [0.1, 0.15) is 18.9 Å². The lowest BCUT2D eigenvalue weighted by atomic mass is 10.2. The van der Waals surface area contributed by atoms with Crippen molar-refractivity contribution < 1.29 is 0 Å². The first kappa shape index (κ1) is 9.63. The number of allylic oxidation sites excluding steroid dienone is 1. The summed E-state index contributed by atoms with van der Waals surface area (Å²) in [6, 6.07) is 5.51. The summed E-state index contributed by atoms with van der Waals surface area (Å²) >= 11 is 11.9. The topological polar surface area (TPSA) is 0 Å². The van der Waals surface area contributed by atoms with Crippen molar-refractivity contribution in [2.24, 2.45) is 0 Å². The van der Waals surface area contributed by atoms with Crippen LogP contribution >= 0.6 is 23.2 Å². The second kappa shape index (κ2) is 4.54. The van der Waals surface area contributed by atoms with Gasteiger partial charge in [0.15, 0.2) is 0 Å². The maximum Gasteiger partial charge on any atom is 0.0493 e. The molecule has 0 unspecified atom stereocenters. The first-order valence-electron chi connectivity index (χ1n) is 3.86. The third kappa shape index (κ3) is 2.26. The summed E-state index contributed by atoms with van der Waals surface area (Å²) in [5, 5.41) is 1.40. The summed E-state index contributed by atoms with van der Waals surface area (Å²) in [4.78, 5) is 0. The van der Waals surface area contributed by atoms with Gasteiger partial charge in [0.05, 0.1) is 0 Å². The molecule has 0 bridgehead atoms. The molecule has 0 aliphatic carbocycles. The highest BCUT2D eigenvalue weighted by molar-refractivity contribution is 6.37. The molecular weight excluding hydrogens is 191 g/mol. The largest absolute Gasteiger partial charge is 0.0841 e. The SMILES string of the molecule is CC/C=C/c1c(Cl)cccc1Cl. The third-order valence-electron chi connectivity index (χ3n) is 1.52. The van der Waals surface area contributed by atoms with E-state index < -0.39 is 0 Å². The van der Waals surface area contributed by atoms with E-state index in [-0.39, 0.29) is 0 Å². The molecule has 1 rings (SSSR count). The van der Waals surface area contributed by atoms with Crippen molar-refractivity contribution in [2.45, 2.75) is 13.3 Å². The molecule has 0 amide bonds. The zero-order valence-electron chi connectivity index (χ0n) is 6.85. The Morgan fingerprint density at radius 1 is 1.25 bits per heavy atom.